The molecule has 4 N–H and O–H groups in total. The molecule has 2 heterocycles. The highest BCUT2D eigenvalue weighted by molar-refractivity contribution is 7.22. The fourth-order valence-corrected chi connectivity index (χ4v) is 4.07. The van der Waals surface area contributed by atoms with Crippen molar-refractivity contribution in [2.45, 2.75) is 6.92 Å². The number of aliphatic hydroxyl groups excluding tert-OH is 1. The number of benzene rings is 2. The summed E-state index contributed by atoms with van der Waals surface area (Å²) < 4.78 is 0.860. The van der Waals surface area contributed by atoms with Gasteiger partial charge in [0.05, 0.1) is 27.5 Å². The summed E-state index contributed by atoms with van der Waals surface area (Å²) in [5, 5.41) is 19.0. The average Bonchev–Trinajstić information content (AvgIpc) is 3.16. The van der Waals surface area contributed by atoms with Gasteiger partial charge < -0.3 is 21.1 Å². The zero-order chi connectivity index (χ0) is 21.8. The number of anilines is 4. The van der Waals surface area contributed by atoms with Gasteiger partial charge in [0.1, 0.15) is 5.82 Å². The summed E-state index contributed by atoms with van der Waals surface area (Å²) in [7, 11) is 0. The maximum Gasteiger partial charge on any atom is 0.255 e. The van der Waals surface area contributed by atoms with Crippen molar-refractivity contribution >= 4 is 61.6 Å². The van der Waals surface area contributed by atoms with Crippen molar-refractivity contribution in [2.75, 3.05) is 29.1 Å². The molecular formula is C21H19ClN6O2S. The second-order valence-corrected chi connectivity index (χ2v) is 8.07. The van der Waals surface area contributed by atoms with E-state index in [0.717, 1.165) is 15.8 Å². The molecule has 0 saturated carbocycles. The van der Waals surface area contributed by atoms with Crippen LogP contribution in [0, 0.1) is 6.92 Å². The van der Waals surface area contributed by atoms with Crippen molar-refractivity contribution in [1.82, 2.24) is 15.0 Å². The Morgan fingerprint density at radius 2 is 2.06 bits per heavy atom. The third-order valence-corrected chi connectivity index (χ3v) is 5.65. The van der Waals surface area contributed by atoms with Gasteiger partial charge in [0.15, 0.2) is 5.13 Å². The van der Waals surface area contributed by atoms with Gasteiger partial charge in [-0.25, -0.2) is 9.97 Å². The van der Waals surface area contributed by atoms with Crippen molar-refractivity contribution in [3.05, 3.63) is 64.8 Å². The summed E-state index contributed by atoms with van der Waals surface area (Å²) in [6.07, 6.45) is 1.61. The first-order chi connectivity index (χ1) is 15.0. The highest BCUT2D eigenvalue weighted by Crippen LogP contribution is 2.30. The minimum atomic E-state index is -0.239. The minimum Gasteiger partial charge on any atom is -0.395 e. The first kappa shape index (κ1) is 21.0. The van der Waals surface area contributed by atoms with Crippen molar-refractivity contribution in [3.8, 4) is 0 Å². The number of rotatable bonds is 7. The van der Waals surface area contributed by atoms with Crippen LogP contribution in [-0.2, 0) is 0 Å². The van der Waals surface area contributed by atoms with Crippen LogP contribution in [0.2, 0.25) is 5.02 Å². The first-order valence-electron chi connectivity index (χ1n) is 9.45. The summed E-state index contributed by atoms with van der Waals surface area (Å²) >= 11 is 7.63. The fourth-order valence-electron chi connectivity index (χ4n) is 2.89. The van der Waals surface area contributed by atoms with Gasteiger partial charge >= 0.3 is 0 Å². The summed E-state index contributed by atoms with van der Waals surface area (Å²) in [6, 6.07) is 12.5. The molecule has 0 radical (unpaired) electrons. The van der Waals surface area contributed by atoms with Gasteiger partial charge in [-0.05, 0) is 42.8 Å². The summed E-state index contributed by atoms with van der Waals surface area (Å²) in [6.45, 7) is 2.25. The van der Waals surface area contributed by atoms with Crippen LogP contribution in [0.5, 0.6) is 0 Å². The number of para-hydroxylation sites is 1. The molecule has 0 aliphatic rings. The molecule has 4 aromatic rings. The molecule has 0 aliphatic carbocycles. The molecule has 8 nitrogen and oxygen atoms in total. The summed E-state index contributed by atoms with van der Waals surface area (Å²) in [5.41, 5.74) is 2.78. The molecular weight excluding hydrogens is 436 g/mol. The van der Waals surface area contributed by atoms with Crippen LogP contribution in [-0.4, -0.2) is 39.1 Å². The average molecular weight is 455 g/mol. The molecule has 31 heavy (non-hydrogen) atoms. The predicted octanol–water partition coefficient (Wildman–Crippen LogP) is 4.45. The molecule has 0 aliphatic heterocycles. The van der Waals surface area contributed by atoms with E-state index < -0.39 is 0 Å². The SMILES string of the molecule is Cc1cccc(Cl)c1NC(=O)c1ccc2nc(Nc3ccnc(NCCO)n3)sc2c1. The lowest BCUT2D eigenvalue weighted by atomic mass is 10.1. The van der Waals surface area contributed by atoms with Gasteiger partial charge in [-0.15, -0.1) is 0 Å². The number of fused-ring (bicyclic) bond motifs is 1. The molecule has 2 aromatic heterocycles. The Kier molecular flexibility index (Phi) is 6.26. The monoisotopic (exact) mass is 454 g/mol. The lowest BCUT2D eigenvalue weighted by Gasteiger charge is -2.10. The highest BCUT2D eigenvalue weighted by Gasteiger charge is 2.13. The first-order valence-corrected chi connectivity index (χ1v) is 10.6. The van der Waals surface area contributed by atoms with Crippen LogP contribution in [0.15, 0.2) is 48.7 Å². The summed E-state index contributed by atoms with van der Waals surface area (Å²) in [5.74, 6) is 0.743. The fraction of sp³-hybridized carbons (Fsp3) is 0.143. The number of nitrogens with zero attached hydrogens (tertiary/aromatic N) is 3. The number of hydrogen-bond acceptors (Lipinski definition) is 8. The molecule has 0 fully saturated rings. The third-order valence-electron chi connectivity index (χ3n) is 4.40. The number of thiazole rings is 1. The Hall–Kier alpha value is -3.27. The smallest absolute Gasteiger partial charge is 0.255 e. The van der Waals surface area contributed by atoms with E-state index in [4.69, 9.17) is 16.7 Å². The highest BCUT2D eigenvalue weighted by atomic mass is 35.5. The van der Waals surface area contributed by atoms with Crippen LogP contribution in [0.3, 0.4) is 0 Å². The predicted molar refractivity (Wildman–Crippen MR) is 125 cm³/mol. The third kappa shape index (κ3) is 4.91. The van der Waals surface area contributed by atoms with E-state index in [2.05, 4.69) is 30.9 Å². The number of aliphatic hydroxyl groups is 1. The zero-order valence-corrected chi connectivity index (χ0v) is 18.1. The molecule has 0 bridgehead atoms. The Bertz CT molecular complexity index is 1230. The van der Waals surface area contributed by atoms with E-state index in [-0.39, 0.29) is 12.5 Å². The molecule has 158 valence electrons. The van der Waals surface area contributed by atoms with Crippen molar-refractivity contribution in [2.24, 2.45) is 0 Å². The largest absolute Gasteiger partial charge is 0.395 e. The van der Waals surface area contributed by atoms with Crippen LogP contribution in [0.4, 0.5) is 22.6 Å². The standard InChI is InChI=1S/C21H19ClN6O2S/c1-12-3-2-4-14(22)18(12)28-19(30)13-5-6-15-16(11-13)31-21(25-15)27-17-7-8-23-20(26-17)24-9-10-29/h2-8,11,29H,9-10H2,1H3,(H,28,30)(H2,23,24,25,26,27). The number of halogens is 1. The maximum atomic E-state index is 12.7. The van der Waals surface area contributed by atoms with Crippen LogP contribution in [0.1, 0.15) is 15.9 Å². The number of aryl methyl sites for hydroxylation is 1. The number of nitrogens with one attached hydrogen (secondary N) is 3. The number of carbonyl (C=O) groups is 1. The number of aromatic nitrogens is 3. The molecule has 1 amide bonds. The van der Waals surface area contributed by atoms with E-state index in [1.165, 1.54) is 11.3 Å². The Balaban J connectivity index is 1.52. The topological polar surface area (TPSA) is 112 Å². The molecule has 0 unspecified atom stereocenters. The number of amides is 1. The van der Waals surface area contributed by atoms with E-state index in [1.54, 1.807) is 36.5 Å². The number of carbonyl (C=O) groups excluding carboxylic acids is 1. The normalized spacial score (nSPS) is 10.8. The Morgan fingerprint density at radius 3 is 2.87 bits per heavy atom. The molecule has 2 aromatic carbocycles. The van der Waals surface area contributed by atoms with Crippen LogP contribution in [0.25, 0.3) is 10.2 Å². The lowest BCUT2D eigenvalue weighted by molar-refractivity contribution is 0.102. The van der Waals surface area contributed by atoms with Gasteiger partial charge in [-0.2, -0.15) is 4.98 Å². The maximum absolute atomic E-state index is 12.7. The molecule has 0 spiro atoms. The van der Waals surface area contributed by atoms with E-state index in [9.17, 15) is 4.79 Å². The summed E-state index contributed by atoms with van der Waals surface area (Å²) in [4.78, 5) is 25.7. The van der Waals surface area contributed by atoms with E-state index in [1.807, 2.05) is 19.1 Å². The van der Waals surface area contributed by atoms with Gasteiger partial charge in [0.25, 0.3) is 5.91 Å². The van der Waals surface area contributed by atoms with Gasteiger partial charge in [0, 0.05) is 18.3 Å². The second-order valence-electron chi connectivity index (χ2n) is 6.63. The van der Waals surface area contributed by atoms with Crippen molar-refractivity contribution in [1.29, 1.82) is 0 Å². The molecule has 0 atom stereocenters. The number of hydrogen-bond donors (Lipinski definition) is 4. The Labute approximate surface area is 187 Å². The van der Waals surface area contributed by atoms with Gasteiger partial charge in [-0.3, -0.25) is 4.79 Å². The minimum absolute atomic E-state index is 0.00908. The quantitative estimate of drug-likeness (QED) is 0.326. The van der Waals surface area contributed by atoms with Crippen molar-refractivity contribution < 1.29 is 9.90 Å². The van der Waals surface area contributed by atoms with E-state index >= 15 is 0 Å². The molecule has 0 saturated heterocycles. The van der Waals surface area contributed by atoms with Crippen LogP contribution < -0.4 is 16.0 Å². The lowest BCUT2D eigenvalue weighted by Crippen LogP contribution is -2.13. The second kappa shape index (κ2) is 9.25. The van der Waals surface area contributed by atoms with Gasteiger partial charge in [-0.1, -0.05) is 35.1 Å². The zero-order valence-electron chi connectivity index (χ0n) is 16.5. The van der Waals surface area contributed by atoms with Crippen molar-refractivity contribution in [3.63, 3.8) is 0 Å². The molecule has 4 rings (SSSR count). The van der Waals surface area contributed by atoms with Gasteiger partial charge in [0.2, 0.25) is 5.95 Å². The molecule has 10 heteroatoms. The Morgan fingerprint density at radius 1 is 1.19 bits per heavy atom. The van der Waals surface area contributed by atoms with E-state index in [0.29, 0.717) is 39.7 Å². The van der Waals surface area contributed by atoms with Crippen LogP contribution >= 0.6 is 22.9 Å².